The van der Waals surface area contributed by atoms with Crippen molar-refractivity contribution < 1.29 is 14.6 Å². The highest BCUT2D eigenvalue weighted by Crippen LogP contribution is 2.47. The van der Waals surface area contributed by atoms with Gasteiger partial charge in [-0.1, -0.05) is 44.7 Å². The molecule has 3 heteroatoms. The summed E-state index contributed by atoms with van der Waals surface area (Å²) in [6.45, 7) is 10.9. The van der Waals surface area contributed by atoms with Crippen LogP contribution in [-0.4, -0.2) is 18.2 Å². The van der Waals surface area contributed by atoms with Gasteiger partial charge in [0.1, 0.15) is 0 Å². The minimum absolute atomic E-state index is 0.121. The lowest BCUT2D eigenvalue weighted by Crippen LogP contribution is -2.37. The van der Waals surface area contributed by atoms with E-state index in [1.807, 2.05) is 12.1 Å². The minimum atomic E-state index is -0.922. The molecule has 0 saturated heterocycles. The summed E-state index contributed by atoms with van der Waals surface area (Å²) in [5.74, 6) is -0.922. The summed E-state index contributed by atoms with van der Waals surface area (Å²) < 4.78 is 5.89. The molecule has 2 aromatic carbocycles. The van der Waals surface area contributed by atoms with Gasteiger partial charge in [-0.3, -0.25) is 0 Å². The zero-order valence-corrected chi connectivity index (χ0v) is 15.9. The number of hydrogen-bond acceptors (Lipinski definition) is 2. The summed E-state index contributed by atoms with van der Waals surface area (Å²) in [5, 5.41) is 9.06. The Morgan fingerprint density at radius 3 is 2.12 bits per heavy atom. The maximum absolute atomic E-state index is 11.0. The lowest BCUT2D eigenvalue weighted by atomic mass is 9.67. The van der Waals surface area contributed by atoms with Gasteiger partial charge >= 0.3 is 5.97 Å². The van der Waals surface area contributed by atoms with Crippen molar-refractivity contribution in [2.24, 2.45) is 0 Å². The van der Waals surface area contributed by atoms with Crippen LogP contribution in [0, 0.1) is 0 Å². The number of ether oxygens (including phenoxy) is 1. The van der Waals surface area contributed by atoms with Crippen LogP contribution in [0.25, 0.3) is 5.57 Å². The van der Waals surface area contributed by atoms with Crippen LogP contribution in [-0.2, 0) is 15.8 Å². The molecular formula is C23H26O3. The molecule has 0 aliphatic heterocycles. The van der Waals surface area contributed by atoms with Crippen LogP contribution in [0.2, 0.25) is 0 Å². The molecule has 136 valence electrons. The Balaban J connectivity index is 2.03. The van der Waals surface area contributed by atoms with E-state index in [9.17, 15) is 4.79 Å². The van der Waals surface area contributed by atoms with E-state index in [0.717, 1.165) is 29.5 Å². The van der Waals surface area contributed by atoms with Crippen molar-refractivity contribution in [3.05, 3.63) is 76.9 Å². The lowest BCUT2D eigenvalue weighted by molar-refractivity contribution is -0.0202. The molecule has 26 heavy (non-hydrogen) atoms. The van der Waals surface area contributed by atoms with Gasteiger partial charge in [-0.2, -0.15) is 0 Å². The molecule has 0 fully saturated rings. The largest absolute Gasteiger partial charge is 0.478 e. The van der Waals surface area contributed by atoms with Crippen molar-refractivity contribution in [2.75, 3.05) is 7.11 Å². The van der Waals surface area contributed by atoms with E-state index in [1.54, 1.807) is 19.2 Å². The first-order chi connectivity index (χ1) is 12.2. The molecule has 0 amide bonds. The zero-order chi connectivity index (χ0) is 19.1. The minimum Gasteiger partial charge on any atom is -0.478 e. The number of carbonyl (C=O) groups is 1. The molecule has 0 heterocycles. The molecule has 1 N–H and O–H groups in total. The number of hydrogen-bond donors (Lipinski definition) is 1. The number of aromatic carboxylic acids is 1. The molecule has 0 saturated carbocycles. The molecule has 0 spiro atoms. The Labute approximate surface area is 155 Å². The molecule has 1 aliphatic rings. The van der Waals surface area contributed by atoms with E-state index in [1.165, 1.54) is 11.1 Å². The fourth-order valence-corrected chi connectivity index (χ4v) is 3.77. The van der Waals surface area contributed by atoms with Gasteiger partial charge in [-0.05, 0) is 71.2 Å². The molecule has 3 rings (SSSR count). The van der Waals surface area contributed by atoms with Gasteiger partial charge in [0.05, 0.1) is 11.2 Å². The smallest absolute Gasteiger partial charge is 0.335 e. The molecule has 2 aromatic rings. The third kappa shape index (κ3) is 3.08. The van der Waals surface area contributed by atoms with Crippen molar-refractivity contribution in [3.63, 3.8) is 0 Å². The third-order valence-corrected chi connectivity index (χ3v) is 5.82. The molecule has 1 atom stereocenters. The van der Waals surface area contributed by atoms with Gasteiger partial charge in [-0.15, -0.1) is 0 Å². The van der Waals surface area contributed by atoms with Crippen LogP contribution < -0.4 is 0 Å². The lowest BCUT2D eigenvalue weighted by Gasteiger charge is -2.43. The van der Waals surface area contributed by atoms with Gasteiger partial charge in [0.15, 0.2) is 0 Å². The van der Waals surface area contributed by atoms with Gasteiger partial charge in [0.2, 0.25) is 0 Å². The SMILES string of the molecule is C=C(c1ccc(C(=O)O)cc1)c1ccc2c(c1)C(C)(OC)CCC2(C)C. The highest BCUT2D eigenvalue weighted by atomic mass is 16.5. The first-order valence-corrected chi connectivity index (χ1v) is 8.91. The second kappa shape index (κ2) is 6.40. The predicted molar refractivity (Wildman–Crippen MR) is 105 cm³/mol. The van der Waals surface area contributed by atoms with Crippen molar-refractivity contribution in [2.45, 2.75) is 44.6 Å². The standard InChI is InChI=1S/C23H26O3/c1-15(16-6-8-17(9-7-16)21(24)25)18-10-11-19-20(14-18)23(4,26-5)13-12-22(19,2)3/h6-11,14H,1,12-13H2,2-5H3,(H,24,25). The molecule has 0 radical (unpaired) electrons. The van der Waals surface area contributed by atoms with Gasteiger partial charge in [-0.25, -0.2) is 4.79 Å². The van der Waals surface area contributed by atoms with Gasteiger partial charge in [0.25, 0.3) is 0 Å². The Morgan fingerprint density at radius 1 is 0.962 bits per heavy atom. The van der Waals surface area contributed by atoms with E-state index in [4.69, 9.17) is 9.84 Å². The highest BCUT2D eigenvalue weighted by molar-refractivity contribution is 5.88. The number of carboxylic acid groups (broad SMARTS) is 1. The van der Waals surface area contributed by atoms with Crippen LogP contribution in [0.3, 0.4) is 0 Å². The Kier molecular flexibility index (Phi) is 4.53. The normalized spacial score (nSPS) is 21.1. The number of fused-ring (bicyclic) bond motifs is 1. The van der Waals surface area contributed by atoms with Crippen LogP contribution in [0.15, 0.2) is 49.0 Å². The number of benzene rings is 2. The molecule has 0 bridgehead atoms. The maximum atomic E-state index is 11.0. The van der Waals surface area contributed by atoms with Crippen molar-refractivity contribution in [1.82, 2.24) is 0 Å². The average molecular weight is 350 g/mol. The van der Waals surface area contributed by atoms with Crippen molar-refractivity contribution in [1.29, 1.82) is 0 Å². The Hall–Kier alpha value is -2.39. The quantitative estimate of drug-likeness (QED) is 0.805. The van der Waals surface area contributed by atoms with E-state index in [2.05, 4.69) is 45.5 Å². The first-order valence-electron chi connectivity index (χ1n) is 8.91. The van der Waals surface area contributed by atoms with Crippen LogP contribution in [0.5, 0.6) is 0 Å². The summed E-state index contributed by atoms with van der Waals surface area (Å²) in [4.78, 5) is 11.0. The molecule has 0 aromatic heterocycles. The van der Waals surface area contributed by atoms with Crippen LogP contribution in [0.1, 0.15) is 66.2 Å². The van der Waals surface area contributed by atoms with Crippen molar-refractivity contribution >= 4 is 11.5 Å². The van der Waals surface area contributed by atoms with E-state index >= 15 is 0 Å². The third-order valence-electron chi connectivity index (χ3n) is 5.82. The first kappa shape index (κ1) is 18.4. The topological polar surface area (TPSA) is 46.5 Å². The summed E-state index contributed by atoms with van der Waals surface area (Å²) in [7, 11) is 1.77. The highest BCUT2D eigenvalue weighted by Gasteiger charge is 2.40. The number of rotatable bonds is 4. The predicted octanol–water partition coefficient (Wildman–Crippen LogP) is 5.38. The van der Waals surface area contributed by atoms with Crippen molar-refractivity contribution in [3.8, 4) is 0 Å². The Morgan fingerprint density at radius 2 is 1.54 bits per heavy atom. The number of carboxylic acids is 1. The summed E-state index contributed by atoms with van der Waals surface area (Å²) in [5.41, 5.74) is 5.48. The zero-order valence-electron chi connectivity index (χ0n) is 15.9. The summed E-state index contributed by atoms with van der Waals surface area (Å²) in [6.07, 6.45) is 2.06. The number of methoxy groups -OCH3 is 1. The molecule has 3 nitrogen and oxygen atoms in total. The molecule has 1 aliphatic carbocycles. The maximum Gasteiger partial charge on any atom is 0.335 e. The van der Waals surface area contributed by atoms with Crippen LogP contribution in [0.4, 0.5) is 0 Å². The van der Waals surface area contributed by atoms with E-state index in [-0.39, 0.29) is 16.6 Å². The van der Waals surface area contributed by atoms with Crippen LogP contribution >= 0.6 is 0 Å². The average Bonchev–Trinajstić information content (AvgIpc) is 2.64. The summed E-state index contributed by atoms with van der Waals surface area (Å²) >= 11 is 0. The fourth-order valence-electron chi connectivity index (χ4n) is 3.77. The summed E-state index contributed by atoms with van der Waals surface area (Å²) in [6, 6.07) is 13.3. The second-order valence-corrected chi connectivity index (χ2v) is 7.94. The fraction of sp³-hybridized carbons (Fsp3) is 0.348. The monoisotopic (exact) mass is 350 g/mol. The van der Waals surface area contributed by atoms with E-state index < -0.39 is 5.97 Å². The van der Waals surface area contributed by atoms with Gasteiger partial charge < -0.3 is 9.84 Å². The molecular weight excluding hydrogens is 324 g/mol. The second-order valence-electron chi connectivity index (χ2n) is 7.94. The van der Waals surface area contributed by atoms with Gasteiger partial charge in [0, 0.05) is 7.11 Å². The van der Waals surface area contributed by atoms with E-state index in [0.29, 0.717) is 0 Å². The Bertz CT molecular complexity index is 862. The molecule has 1 unspecified atom stereocenters.